The second kappa shape index (κ2) is 70.8. The molecule has 0 saturated heterocycles. The third kappa shape index (κ3) is 69.0. The van der Waals surface area contributed by atoms with Crippen LogP contribution in [0.3, 0.4) is 0 Å². The summed E-state index contributed by atoms with van der Waals surface area (Å²) in [6.07, 6.45) is 95.9. The molecule has 0 aliphatic heterocycles. The number of esters is 3. The highest BCUT2D eigenvalue weighted by molar-refractivity contribution is 5.71. The molecule has 0 saturated carbocycles. The van der Waals surface area contributed by atoms with E-state index in [1.165, 1.54) is 180 Å². The van der Waals surface area contributed by atoms with Crippen molar-refractivity contribution in [1.29, 1.82) is 0 Å². The van der Waals surface area contributed by atoms with Gasteiger partial charge in [0.15, 0.2) is 6.10 Å². The van der Waals surface area contributed by atoms with Gasteiger partial charge in [-0.25, -0.2) is 0 Å². The maximum atomic E-state index is 12.9. The van der Waals surface area contributed by atoms with Gasteiger partial charge in [0.2, 0.25) is 0 Å². The standard InChI is InChI=1S/C77H134O6/c1-4-7-10-13-16-19-22-25-28-31-33-34-35-36-37-38-39-40-41-42-44-46-49-52-55-58-61-64-67-70-76(79)82-73-74(72-81-75(78)69-66-63-60-57-54-51-48-45-30-27-24-21-18-15-12-9-6-3)83-77(80)71-68-65-62-59-56-53-50-47-43-32-29-26-23-20-17-14-11-8-5-2/h8-9,11-12,17-18,20-21,26-27,29-30,43,47-48,51,74H,4-7,10,13-16,19,22-25,28,31-42,44-46,49-50,52-73H2,1-3H3/b11-8-,12-9-,20-17-,21-18-,29-26-,30-27-,47-43-,51-48-. The molecule has 0 radical (unpaired) electrons. The van der Waals surface area contributed by atoms with Gasteiger partial charge in [0, 0.05) is 19.3 Å². The van der Waals surface area contributed by atoms with Crippen molar-refractivity contribution in [2.45, 2.75) is 361 Å². The quantitative estimate of drug-likeness (QED) is 0.0261. The van der Waals surface area contributed by atoms with Gasteiger partial charge in [0.1, 0.15) is 13.2 Å². The molecule has 0 heterocycles. The lowest BCUT2D eigenvalue weighted by atomic mass is 10.0. The zero-order chi connectivity index (χ0) is 59.9. The molecule has 0 amide bonds. The highest BCUT2D eigenvalue weighted by Crippen LogP contribution is 2.18. The van der Waals surface area contributed by atoms with Crippen molar-refractivity contribution in [1.82, 2.24) is 0 Å². The van der Waals surface area contributed by atoms with Gasteiger partial charge < -0.3 is 14.2 Å². The number of rotatable bonds is 65. The monoisotopic (exact) mass is 1160 g/mol. The average Bonchev–Trinajstić information content (AvgIpc) is 3.49. The summed E-state index contributed by atoms with van der Waals surface area (Å²) in [7, 11) is 0. The van der Waals surface area contributed by atoms with E-state index >= 15 is 0 Å². The first-order valence-corrected chi connectivity index (χ1v) is 35.7. The molecule has 0 bridgehead atoms. The molecule has 6 nitrogen and oxygen atoms in total. The molecule has 0 aliphatic carbocycles. The zero-order valence-electron chi connectivity index (χ0n) is 54.9. The van der Waals surface area contributed by atoms with E-state index in [1.54, 1.807) is 0 Å². The molecule has 0 aromatic rings. The van der Waals surface area contributed by atoms with Crippen LogP contribution >= 0.6 is 0 Å². The van der Waals surface area contributed by atoms with Crippen LogP contribution in [-0.4, -0.2) is 37.2 Å². The highest BCUT2D eigenvalue weighted by Gasteiger charge is 2.19. The normalized spacial score (nSPS) is 12.7. The first-order valence-electron chi connectivity index (χ1n) is 35.7. The van der Waals surface area contributed by atoms with E-state index in [-0.39, 0.29) is 31.1 Å². The van der Waals surface area contributed by atoms with Crippen LogP contribution in [-0.2, 0) is 28.6 Å². The van der Waals surface area contributed by atoms with Gasteiger partial charge >= 0.3 is 17.9 Å². The summed E-state index contributed by atoms with van der Waals surface area (Å²) >= 11 is 0. The van der Waals surface area contributed by atoms with Crippen LogP contribution in [0.1, 0.15) is 355 Å². The maximum Gasteiger partial charge on any atom is 0.306 e. The molecule has 0 N–H and O–H groups in total. The Kier molecular flexibility index (Phi) is 67.7. The second-order valence-electron chi connectivity index (χ2n) is 23.7. The van der Waals surface area contributed by atoms with Gasteiger partial charge in [-0.15, -0.1) is 0 Å². The Morgan fingerprint density at radius 2 is 0.470 bits per heavy atom. The van der Waals surface area contributed by atoms with Crippen molar-refractivity contribution in [3.05, 3.63) is 97.2 Å². The summed E-state index contributed by atoms with van der Waals surface area (Å²) in [5.41, 5.74) is 0. The van der Waals surface area contributed by atoms with E-state index in [0.717, 1.165) is 135 Å². The number of hydrogen-bond acceptors (Lipinski definition) is 6. The molecule has 0 fully saturated rings. The van der Waals surface area contributed by atoms with E-state index < -0.39 is 6.10 Å². The predicted octanol–water partition coefficient (Wildman–Crippen LogP) is 24.8. The minimum Gasteiger partial charge on any atom is -0.462 e. The third-order valence-electron chi connectivity index (χ3n) is 15.6. The second-order valence-corrected chi connectivity index (χ2v) is 23.7. The molecule has 0 rings (SSSR count). The van der Waals surface area contributed by atoms with Gasteiger partial charge in [-0.2, -0.15) is 0 Å². The van der Waals surface area contributed by atoms with E-state index in [0.29, 0.717) is 19.3 Å². The topological polar surface area (TPSA) is 78.9 Å². The number of carbonyl (C=O) groups excluding carboxylic acids is 3. The number of allylic oxidation sites excluding steroid dienone is 16. The molecule has 83 heavy (non-hydrogen) atoms. The molecule has 0 aromatic carbocycles. The Labute approximate surface area is 515 Å². The Bertz CT molecular complexity index is 1610. The van der Waals surface area contributed by atoms with Gasteiger partial charge in [0.25, 0.3) is 0 Å². The van der Waals surface area contributed by atoms with Gasteiger partial charge in [-0.05, 0) is 96.3 Å². The van der Waals surface area contributed by atoms with Crippen molar-refractivity contribution in [3.8, 4) is 0 Å². The molecule has 6 heteroatoms. The number of ether oxygens (including phenoxy) is 3. The van der Waals surface area contributed by atoms with Gasteiger partial charge in [-0.3, -0.25) is 14.4 Å². The molecular weight excluding hydrogens is 1020 g/mol. The maximum absolute atomic E-state index is 12.9. The highest BCUT2D eigenvalue weighted by atomic mass is 16.6. The molecule has 1 atom stereocenters. The molecule has 478 valence electrons. The zero-order valence-corrected chi connectivity index (χ0v) is 54.9. The van der Waals surface area contributed by atoms with Gasteiger partial charge in [-0.1, -0.05) is 336 Å². The Balaban J connectivity index is 4.30. The minimum absolute atomic E-state index is 0.0893. The van der Waals surface area contributed by atoms with Gasteiger partial charge in [0.05, 0.1) is 0 Å². The van der Waals surface area contributed by atoms with Crippen LogP contribution in [0.4, 0.5) is 0 Å². The molecular formula is C77H134O6. The number of unbranched alkanes of at least 4 members (excludes halogenated alkanes) is 38. The van der Waals surface area contributed by atoms with Crippen LogP contribution in [0.2, 0.25) is 0 Å². The first-order chi connectivity index (χ1) is 41.0. The van der Waals surface area contributed by atoms with E-state index in [1.807, 2.05) is 0 Å². The van der Waals surface area contributed by atoms with Crippen LogP contribution in [0, 0.1) is 0 Å². The third-order valence-corrected chi connectivity index (χ3v) is 15.6. The molecule has 0 aliphatic rings. The smallest absolute Gasteiger partial charge is 0.306 e. The van der Waals surface area contributed by atoms with Crippen LogP contribution in [0.25, 0.3) is 0 Å². The summed E-state index contributed by atoms with van der Waals surface area (Å²) in [5, 5.41) is 0. The average molecular weight is 1160 g/mol. The van der Waals surface area contributed by atoms with Crippen LogP contribution in [0.15, 0.2) is 97.2 Å². The van der Waals surface area contributed by atoms with Crippen molar-refractivity contribution >= 4 is 17.9 Å². The fourth-order valence-electron chi connectivity index (χ4n) is 10.3. The Hall–Kier alpha value is -3.67. The molecule has 0 spiro atoms. The summed E-state index contributed by atoms with van der Waals surface area (Å²) in [6.45, 7) is 6.43. The van der Waals surface area contributed by atoms with E-state index in [9.17, 15) is 14.4 Å². The summed E-state index contributed by atoms with van der Waals surface area (Å²) in [5.74, 6) is -0.912. The fourth-order valence-corrected chi connectivity index (χ4v) is 10.3. The SMILES string of the molecule is CC/C=C\C/C=C\C/C=C\C/C=C\CCCCCCCCC(=O)OC(COC(=O)CCCCCC/C=C\C/C=C\C/C=C\C/C=C\CC)COC(=O)CCCCCCCCCCCCCCCCCCCCCCCCCCCCCCC. The van der Waals surface area contributed by atoms with Crippen LogP contribution < -0.4 is 0 Å². The first kappa shape index (κ1) is 79.3. The van der Waals surface area contributed by atoms with Crippen molar-refractivity contribution < 1.29 is 28.6 Å². The number of carbonyl (C=O) groups is 3. The Morgan fingerprint density at radius 3 is 0.735 bits per heavy atom. The fraction of sp³-hybridized carbons (Fsp3) is 0.753. The molecule has 0 aromatic heterocycles. The summed E-state index contributed by atoms with van der Waals surface area (Å²) < 4.78 is 17.0. The largest absolute Gasteiger partial charge is 0.462 e. The lowest BCUT2D eigenvalue weighted by Gasteiger charge is -2.18. The lowest BCUT2D eigenvalue weighted by molar-refractivity contribution is -0.167. The van der Waals surface area contributed by atoms with E-state index in [2.05, 4.69) is 118 Å². The van der Waals surface area contributed by atoms with Crippen molar-refractivity contribution in [3.63, 3.8) is 0 Å². The number of hydrogen-bond donors (Lipinski definition) is 0. The van der Waals surface area contributed by atoms with Crippen LogP contribution in [0.5, 0.6) is 0 Å². The van der Waals surface area contributed by atoms with Crippen molar-refractivity contribution in [2.75, 3.05) is 13.2 Å². The summed E-state index contributed by atoms with van der Waals surface area (Å²) in [6, 6.07) is 0. The summed E-state index contributed by atoms with van der Waals surface area (Å²) in [4.78, 5) is 38.5. The lowest BCUT2D eigenvalue weighted by Crippen LogP contribution is -2.30. The Morgan fingerprint density at radius 1 is 0.253 bits per heavy atom. The minimum atomic E-state index is -0.798. The van der Waals surface area contributed by atoms with E-state index in [4.69, 9.17) is 14.2 Å². The predicted molar refractivity (Wildman–Crippen MR) is 362 cm³/mol. The molecule has 1 unspecified atom stereocenters. The van der Waals surface area contributed by atoms with Crippen molar-refractivity contribution in [2.24, 2.45) is 0 Å².